The number of hydrogen-bond donors (Lipinski definition) is 2. The topological polar surface area (TPSA) is 63.2 Å². The van der Waals surface area contributed by atoms with Crippen LogP contribution in [0.25, 0.3) is 0 Å². The Hall–Kier alpha value is -2.40. The maximum Gasteiger partial charge on any atom is 0.238 e. The maximum absolute atomic E-state index is 11.8. The number of rotatable bonds is 7. The van der Waals surface area contributed by atoms with E-state index in [0.29, 0.717) is 18.1 Å². The van der Waals surface area contributed by atoms with Crippen molar-refractivity contribution in [1.29, 1.82) is 0 Å². The molecule has 1 aromatic carbocycles. The van der Waals surface area contributed by atoms with Crippen LogP contribution in [-0.4, -0.2) is 24.0 Å². The van der Waals surface area contributed by atoms with Gasteiger partial charge in [-0.3, -0.25) is 4.79 Å². The van der Waals surface area contributed by atoms with Gasteiger partial charge in [-0.05, 0) is 43.5 Å². The van der Waals surface area contributed by atoms with E-state index in [1.54, 1.807) is 18.3 Å². The number of nitrogens with zero attached hydrogens (tertiary/aromatic N) is 1. The molecule has 2 aromatic rings. The SMILES string of the molecule is O=C(CNCC1CC1)Nc1ccc(Oc2ccccc2)nc1. The van der Waals surface area contributed by atoms with E-state index < -0.39 is 0 Å². The summed E-state index contributed by atoms with van der Waals surface area (Å²) < 4.78 is 5.60. The monoisotopic (exact) mass is 297 g/mol. The van der Waals surface area contributed by atoms with E-state index in [1.165, 1.54) is 12.8 Å². The van der Waals surface area contributed by atoms with Gasteiger partial charge in [-0.2, -0.15) is 0 Å². The van der Waals surface area contributed by atoms with Gasteiger partial charge >= 0.3 is 0 Å². The molecule has 0 radical (unpaired) electrons. The predicted octanol–water partition coefficient (Wildman–Crippen LogP) is 2.81. The number of nitrogens with one attached hydrogen (secondary N) is 2. The third-order valence-corrected chi connectivity index (χ3v) is 3.40. The maximum atomic E-state index is 11.8. The van der Waals surface area contributed by atoms with E-state index in [2.05, 4.69) is 15.6 Å². The Labute approximate surface area is 129 Å². The van der Waals surface area contributed by atoms with Gasteiger partial charge in [-0.25, -0.2) is 4.98 Å². The zero-order valence-electron chi connectivity index (χ0n) is 12.3. The van der Waals surface area contributed by atoms with Gasteiger partial charge in [0.2, 0.25) is 11.8 Å². The molecule has 1 fully saturated rings. The van der Waals surface area contributed by atoms with Gasteiger partial charge < -0.3 is 15.4 Å². The van der Waals surface area contributed by atoms with Crippen LogP contribution in [0, 0.1) is 5.92 Å². The van der Waals surface area contributed by atoms with Crippen LogP contribution in [0.5, 0.6) is 11.6 Å². The average Bonchev–Trinajstić information content (AvgIpc) is 3.35. The number of carbonyl (C=O) groups excluding carboxylic acids is 1. The lowest BCUT2D eigenvalue weighted by atomic mass is 10.3. The molecule has 3 rings (SSSR count). The fraction of sp³-hybridized carbons (Fsp3) is 0.294. The first-order valence-electron chi connectivity index (χ1n) is 7.49. The Balaban J connectivity index is 1.47. The molecule has 0 unspecified atom stereocenters. The lowest BCUT2D eigenvalue weighted by molar-refractivity contribution is -0.115. The fourth-order valence-electron chi connectivity index (χ4n) is 2.04. The Bertz CT molecular complexity index is 610. The number of aromatic nitrogens is 1. The van der Waals surface area contributed by atoms with E-state index in [1.807, 2.05) is 30.3 Å². The Morgan fingerprint density at radius 1 is 1.18 bits per heavy atom. The second-order valence-corrected chi connectivity index (χ2v) is 5.42. The second kappa shape index (κ2) is 7.04. The van der Waals surface area contributed by atoms with Crippen molar-refractivity contribution >= 4 is 11.6 Å². The number of benzene rings is 1. The highest BCUT2D eigenvalue weighted by molar-refractivity contribution is 5.92. The molecule has 22 heavy (non-hydrogen) atoms. The molecule has 114 valence electrons. The summed E-state index contributed by atoms with van der Waals surface area (Å²) in [6.07, 6.45) is 4.15. The predicted molar refractivity (Wildman–Crippen MR) is 85.0 cm³/mol. The lowest BCUT2D eigenvalue weighted by Gasteiger charge is -2.07. The first-order chi connectivity index (χ1) is 10.8. The molecule has 0 atom stereocenters. The van der Waals surface area contributed by atoms with Gasteiger partial charge in [-0.1, -0.05) is 18.2 Å². The van der Waals surface area contributed by atoms with Crippen molar-refractivity contribution in [3.63, 3.8) is 0 Å². The number of carbonyl (C=O) groups is 1. The number of anilines is 1. The normalized spacial score (nSPS) is 13.6. The summed E-state index contributed by atoms with van der Waals surface area (Å²) in [4.78, 5) is 15.9. The molecule has 1 heterocycles. The van der Waals surface area contributed by atoms with Crippen LogP contribution in [-0.2, 0) is 4.79 Å². The quantitative estimate of drug-likeness (QED) is 0.825. The van der Waals surface area contributed by atoms with Crippen molar-refractivity contribution in [3.05, 3.63) is 48.7 Å². The minimum absolute atomic E-state index is 0.0563. The fourth-order valence-corrected chi connectivity index (χ4v) is 2.04. The summed E-state index contributed by atoms with van der Waals surface area (Å²) in [5, 5.41) is 5.96. The van der Waals surface area contributed by atoms with Crippen LogP contribution >= 0.6 is 0 Å². The minimum atomic E-state index is -0.0563. The van der Waals surface area contributed by atoms with Crippen LogP contribution in [0.4, 0.5) is 5.69 Å². The highest BCUT2D eigenvalue weighted by Gasteiger charge is 2.20. The molecule has 0 spiro atoms. The molecule has 0 aliphatic heterocycles. The van der Waals surface area contributed by atoms with Crippen molar-refractivity contribution in [1.82, 2.24) is 10.3 Å². The van der Waals surface area contributed by atoms with Gasteiger partial charge in [0.25, 0.3) is 0 Å². The smallest absolute Gasteiger partial charge is 0.238 e. The standard InChI is InChI=1S/C17H19N3O2/c21-16(12-18-10-13-6-7-13)20-14-8-9-17(19-11-14)22-15-4-2-1-3-5-15/h1-5,8-9,11,13,18H,6-7,10,12H2,(H,20,21). The molecule has 0 saturated heterocycles. The molecule has 1 aliphatic rings. The minimum Gasteiger partial charge on any atom is -0.439 e. The van der Waals surface area contributed by atoms with Crippen LogP contribution in [0.1, 0.15) is 12.8 Å². The highest BCUT2D eigenvalue weighted by Crippen LogP contribution is 2.27. The van der Waals surface area contributed by atoms with Crippen LogP contribution in [0.2, 0.25) is 0 Å². The van der Waals surface area contributed by atoms with Gasteiger partial charge in [0.1, 0.15) is 5.75 Å². The molecule has 5 heteroatoms. The zero-order valence-corrected chi connectivity index (χ0v) is 12.3. The van der Waals surface area contributed by atoms with E-state index in [-0.39, 0.29) is 5.91 Å². The number of para-hydroxylation sites is 1. The van der Waals surface area contributed by atoms with Crippen molar-refractivity contribution in [2.75, 3.05) is 18.4 Å². The van der Waals surface area contributed by atoms with E-state index in [9.17, 15) is 4.79 Å². The second-order valence-electron chi connectivity index (χ2n) is 5.42. The average molecular weight is 297 g/mol. The van der Waals surface area contributed by atoms with E-state index >= 15 is 0 Å². The highest BCUT2D eigenvalue weighted by atomic mass is 16.5. The Morgan fingerprint density at radius 2 is 2.00 bits per heavy atom. The first-order valence-corrected chi connectivity index (χ1v) is 7.49. The third-order valence-electron chi connectivity index (χ3n) is 3.40. The summed E-state index contributed by atoms with van der Waals surface area (Å²) >= 11 is 0. The molecule has 1 aromatic heterocycles. The van der Waals surface area contributed by atoms with Gasteiger partial charge in [-0.15, -0.1) is 0 Å². The van der Waals surface area contributed by atoms with Crippen LogP contribution < -0.4 is 15.4 Å². The molecule has 1 aliphatic carbocycles. The summed E-state index contributed by atoms with van der Waals surface area (Å²) in [5.41, 5.74) is 0.665. The van der Waals surface area contributed by atoms with Crippen molar-refractivity contribution < 1.29 is 9.53 Å². The first kappa shape index (κ1) is 14.5. The van der Waals surface area contributed by atoms with Crippen molar-refractivity contribution in [2.45, 2.75) is 12.8 Å². The summed E-state index contributed by atoms with van der Waals surface area (Å²) in [6.45, 7) is 1.26. The van der Waals surface area contributed by atoms with Gasteiger partial charge in [0.05, 0.1) is 18.4 Å². The third kappa shape index (κ3) is 4.56. The van der Waals surface area contributed by atoms with Gasteiger partial charge in [0.15, 0.2) is 0 Å². The van der Waals surface area contributed by atoms with E-state index in [0.717, 1.165) is 18.2 Å². The summed E-state index contributed by atoms with van der Waals surface area (Å²) in [6, 6.07) is 13.0. The molecule has 1 saturated carbocycles. The molecule has 1 amide bonds. The molecular weight excluding hydrogens is 278 g/mol. The molecule has 5 nitrogen and oxygen atoms in total. The van der Waals surface area contributed by atoms with Crippen molar-refractivity contribution in [2.24, 2.45) is 5.92 Å². The number of ether oxygens (including phenoxy) is 1. The van der Waals surface area contributed by atoms with Gasteiger partial charge in [0, 0.05) is 6.07 Å². The van der Waals surface area contributed by atoms with Crippen molar-refractivity contribution in [3.8, 4) is 11.6 Å². The van der Waals surface area contributed by atoms with Crippen LogP contribution in [0.3, 0.4) is 0 Å². The molecular formula is C17H19N3O2. The lowest BCUT2D eigenvalue weighted by Crippen LogP contribution is -2.29. The Morgan fingerprint density at radius 3 is 2.68 bits per heavy atom. The number of pyridine rings is 1. The molecule has 2 N–H and O–H groups in total. The van der Waals surface area contributed by atoms with Crippen LogP contribution in [0.15, 0.2) is 48.7 Å². The van der Waals surface area contributed by atoms with E-state index in [4.69, 9.17) is 4.74 Å². The summed E-state index contributed by atoms with van der Waals surface area (Å²) in [7, 11) is 0. The number of hydrogen-bond acceptors (Lipinski definition) is 4. The summed E-state index contributed by atoms with van der Waals surface area (Å²) in [5.74, 6) is 1.94. The molecule has 0 bridgehead atoms. The largest absolute Gasteiger partial charge is 0.439 e. The Kier molecular flexibility index (Phi) is 4.65. The number of amides is 1. The zero-order chi connectivity index (χ0) is 15.2.